The van der Waals surface area contributed by atoms with Crippen molar-refractivity contribution in [3.63, 3.8) is 0 Å². The Morgan fingerprint density at radius 2 is 2.29 bits per heavy atom. The van der Waals surface area contributed by atoms with Gasteiger partial charge in [0.05, 0.1) is 11.5 Å². The summed E-state index contributed by atoms with van der Waals surface area (Å²) in [6.45, 7) is 3.21. The first-order valence-corrected chi connectivity index (χ1v) is 4.55. The summed E-state index contributed by atoms with van der Waals surface area (Å²) in [5, 5.41) is 10.5. The average molecular weight is 195 g/mol. The monoisotopic (exact) mass is 195 g/mol. The summed E-state index contributed by atoms with van der Waals surface area (Å²) in [6.07, 6.45) is 0.718. The summed E-state index contributed by atoms with van der Waals surface area (Å²) in [5.74, 6) is 0. The van der Waals surface area contributed by atoms with Gasteiger partial charge < -0.3 is 4.74 Å². The van der Waals surface area contributed by atoms with Crippen LogP contribution >= 0.6 is 0 Å². The molecule has 0 unspecified atom stereocenters. The summed E-state index contributed by atoms with van der Waals surface area (Å²) in [5.41, 5.74) is 1.08. The van der Waals surface area contributed by atoms with Crippen LogP contribution in [0.2, 0.25) is 0 Å². The molecule has 0 aromatic heterocycles. The van der Waals surface area contributed by atoms with Crippen LogP contribution in [0.3, 0.4) is 0 Å². The number of non-ortho nitro benzene ring substituents is 1. The van der Waals surface area contributed by atoms with Crippen molar-refractivity contribution in [3.05, 3.63) is 39.9 Å². The minimum Gasteiger partial charge on any atom is -0.381 e. The summed E-state index contributed by atoms with van der Waals surface area (Å²) in [6, 6.07) is 6.63. The van der Waals surface area contributed by atoms with Crippen LogP contribution in [0.25, 0.3) is 0 Å². The van der Waals surface area contributed by atoms with E-state index in [9.17, 15) is 10.1 Å². The second kappa shape index (κ2) is 5.34. The third-order valence-corrected chi connectivity index (χ3v) is 1.86. The Kier molecular flexibility index (Phi) is 4.07. The summed E-state index contributed by atoms with van der Waals surface area (Å²) >= 11 is 0. The van der Waals surface area contributed by atoms with Gasteiger partial charge in [0.2, 0.25) is 0 Å². The molecule has 0 bridgehead atoms. The highest BCUT2D eigenvalue weighted by Gasteiger charge is 2.04. The molecule has 0 N–H and O–H groups in total. The van der Waals surface area contributed by atoms with Crippen molar-refractivity contribution in [2.24, 2.45) is 0 Å². The third kappa shape index (κ3) is 3.14. The molecule has 1 aromatic rings. The number of nitrogens with zero attached hydrogens (tertiary/aromatic N) is 1. The molecule has 1 rings (SSSR count). The number of hydrogen-bond donors (Lipinski definition) is 0. The van der Waals surface area contributed by atoms with Crippen LogP contribution in [-0.4, -0.2) is 18.1 Å². The van der Waals surface area contributed by atoms with E-state index in [1.807, 2.05) is 13.0 Å². The molecule has 0 atom stereocenters. The van der Waals surface area contributed by atoms with E-state index in [0.29, 0.717) is 13.2 Å². The Labute approximate surface area is 82.7 Å². The van der Waals surface area contributed by atoms with Crippen LogP contribution in [-0.2, 0) is 11.2 Å². The average Bonchev–Trinajstić information content (AvgIpc) is 2.19. The number of hydrogen-bond acceptors (Lipinski definition) is 3. The molecule has 0 fully saturated rings. The lowest BCUT2D eigenvalue weighted by Gasteiger charge is -2.01. The Morgan fingerprint density at radius 1 is 1.50 bits per heavy atom. The lowest BCUT2D eigenvalue weighted by atomic mass is 10.1. The van der Waals surface area contributed by atoms with E-state index in [0.717, 1.165) is 12.0 Å². The van der Waals surface area contributed by atoms with E-state index < -0.39 is 0 Å². The standard InChI is InChI=1S/C10H13NO3/c1-2-14-7-6-9-4-3-5-10(8-9)11(12)13/h3-5,8H,2,6-7H2,1H3. The Morgan fingerprint density at radius 3 is 2.93 bits per heavy atom. The van der Waals surface area contributed by atoms with Crippen molar-refractivity contribution >= 4 is 5.69 Å². The zero-order valence-electron chi connectivity index (χ0n) is 8.10. The molecule has 0 spiro atoms. The lowest BCUT2D eigenvalue weighted by Crippen LogP contribution is -1.98. The molecule has 0 saturated heterocycles. The van der Waals surface area contributed by atoms with E-state index in [-0.39, 0.29) is 10.6 Å². The minimum absolute atomic E-state index is 0.138. The highest BCUT2D eigenvalue weighted by molar-refractivity contribution is 5.34. The van der Waals surface area contributed by atoms with Gasteiger partial charge >= 0.3 is 0 Å². The number of ether oxygens (including phenoxy) is 1. The zero-order chi connectivity index (χ0) is 10.4. The Hall–Kier alpha value is -1.42. The second-order valence-corrected chi connectivity index (χ2v) is 2.87. The van der Waals surface area contributed by atoms with Gasteiger partial charge in [-0.1, -0.05) is 12.1 Å². The van der Waals surface area contributed by atoms with Crippen molar-refractivity contribution in [1.29, 1.82) is 0 Å². The molecule has 0 saturated carbocycles. The molecule has 76 valence electrons. The van der Waals surface area contributed by atoms with Crippen molar-refractivity contribution < 1.29 is 9.66 Å². The molecule has 0 aliphatic rings. The smallest absolute Gasteiger partial charge is 0.269 e. The van der Waals surface area contributed by atoms with Crippen LogP contribution in [0, 0.1) is 10.1 Å². The van der Waals surface area contributed by atoms with Gasteiger partial charge in [0.15, 0.2) is 0 Å². The fourth-order valence-corrected chi connectivity index (χ4v) is 1.16. The van der Waals surface area contributed by atoms with E-state index in [2.05, 4.69) is 0 Å². The fraction of sp³-hybridized carbons (Fsp3) is 0.400. The SMILES string of the molecule is CCOCCc1cccc([N+](=O)[O-])c1. The van der Waals surface area contributed by atoms with Crippen molar-refractivity contribution in [2.75, 3.05) is 13.2 Å². The Balaban J connectivity index is 2.59. The van der Waals surface area contributed by atoms with Crippen molar-refractivity contribution in [2.45, 2.75) is 13.3 Å². The van der Waals surface area contributed by atoms with Gasteiger partial charge in [-0.3, -0.25) is 10.1 Å². The molecule has 1 aromatic carbocycles. The topological polar surface area (TPSA) is 52.4 Å². The van der Waals surface area contributed by atoms with Crippen molar-refractivity contribution in [1.82, 2.24) is 0 Å². The van der Waals surface area contributed by atoms with Gasteiger partial charge in [0.25, 0.3) is 5.69 Å². The van der Waals surface area contributed by atoms with Gasteiger partial charge in [-0.2, -0.15) is 0 Å². The number of nitro benzene ring substituents is 1. The molecule has 0 amide bonds. The number of nitro groups is 1. The first-order valence-electron chi connectivity index (χ1n) is 4.55. The normalized spacial score (nSPS) is 10.1. The fourth-order valence-electron chi connectivity index (χ4n) is 1.16. The zero-order valence-corrected chi connectivity index (χ0v) is 8.10. The minimum atomic E-state index is -0.385. The molecule has 0 aliphatic carbocycles. The van der Waals surface area contributed by atoms with Gasteiger partial charge in [-0.15, -0.1) is 0 Å². The van der Waals surface area contributed by atoms with Crippen molar-refractivity contribution in [3.8, 4) is 0 Å². The second-order valence-electron chi connectivity index (χ2n) is 2.87. The molecule has 0 heterocycles. The maximum atomic E-state index is 10.5. The summed E-state index contributed by atoms with van der Waals surface area (Å²) in [4.78, 5) is 10.1. The quantitative estimate of drug-likeness (QED) is 0.411. The number of benzene rings is 1. The van der Waals surface area contributed by atoms with Crippen LogP contribution in [0.1, 0.15) is 12.5 Å². The Bertz CT molecular complexity index is 312. The summed E-state index contributed by atoms with van der Waals surface area (Å²) < 4.78 is 5.17. The molecule has 4 nitrogen and oxygen atoms in total. The molecular weight excluding hydrogens is 182 g/mol. The highest BCUT2D eigenvalue weighted by Crippen LogP contribution is 2.13. The van der Waals surface area contributed by atoms with Crippen LogP contribution in [0.5, 0.6) is 0 Å². The first kappa shape index (κ1) is 10.7. The predicted molar refractivity (Wildman–Crippen MR) is 53.3 cm³/mol. The maximum absolute atomic E-state index is 10.5. The van der Waals surface area contributed by atoms with Crippen LogP contribution < -0.4 is 0 Å². The van der Waals surface area contributed by atoms with Crippen LogP contribution in [0.4, 0.5) is 5.69 Å². The third-order valence-electron chi connectivity index (χ3n) is 1.86. The number of rotatable bonds is 5. The van der Waals surface area contributed by atoms with E-state index in [4.69, 9.17) is 4.74 Å². The predicted octanol–water partition coefficient (Wildman–Crippen LogP) is 2.17. The largest absolute Gasteiger partial charge is 0.381 e. The van der Waals surface area contributed by atoms with Crippen LogP contribution in [0.15, 0.2) is 24.3 Å². The molecular formula is C10H13NO3. The van der Waals surface area contributed by atoms with Gasteiger partial charge in [0.1, 0.15) is 0 Å². The van der Waals surface area contributed by atoms with E-state index in [1.165, 1.54) is 6.07 Å². The molecule has 14 heavy (non-hydrogen) atoms. The summed E-state index contributed by atoms with van der Waals surface area (Å²) in [7, 11) is 0. The van der Waals surface area contributed by atoms with E-state index in [1.54, 1.807) is 12.1 Å². The lowest BCUT2D eigenvalue weighted by molar-refractivity contribution is -0.384. The van der Waals surface area contributed by atoms with Gasteiger partial charge in [0, 0.05) is 18.7 Å². The highest BCUT2D eigenvalue weighted by atomic mass is 16.6. The molecule has 0 aliphatic heterocycles. The van der Waals surface area contributed by atoms with Gasteiger partial charge in [-0.05, 0) is 18.9 Å². The van der Waals surface area contributed by atoms with E-state index >= 15 is 0 Å². The first-order chi connectivity index (χ1) is 6.74. The maximum Gasteiger partial charge on any atom is 0.269 e. The van der Waals surface area contributed by atoms with Gasteiger partial charge in [-0.25, -0.2) is 0 Å². The molecule has 4 heteroatoms. The molecule has 0 radical (unpaired) electrons.